The van der Waals surface area contributed by atoms with E-state index < -0.39 is 0 Å². The minimum absolute atomic E-state index is 0.788. The van der Waals surface area contributed by atoms with Crippen molar-refractivity contribution in [1.82, 2.24) is 4.68 Å². The topological polar surface area (TPSA) is 42.8 Å². The first kappa shape index (κ1) is 13.1. The number of nitrogens with zero attached hydrogens (tertiary/aromatic N) is 3. The lowest BCUT2D eigenvalue weighted by Gasteiger charge is -1.98. The predicted octanol–water partition coefficient (Wildman–Crippen LogP) is 3.59. The Morgan fingerprint density at radius 3 is 2.85 bits per heavy atom. The summed E-state index contributed by atoms with van der Waals surface area (Å²) in [5, 5.41) is 6.53. The SMILES string of the molecule is CN=c1scc(-c2ccco2)n1N=Cc1ccc(C)s1. The fourth-order valence-corrected chi connectivity index (χ4v) is 3.32. The minimum atomic E-state index is 0.788. The first-order valence-electron chi connectivity index (χ1n) is 6.06. The quantitative estimate of drug-likeness (QED) is 0.682. The van der Waals surface area contributed by atoms with Gasteiger partial charge < -0.3 is 4.42 Å². The number of rotatable bonds is 3. The highest BCUT2D eigenvalue weighted by Gasteiger charge is 2.09. The molecule has 0 unspecified atom stereocenters. The fourth-order valence-electron chi connectivity index (χ4n) is 1.79. The summed E-state index contributed by atoms with van der Waals surface area (Å²) in [7, 11) is 1.76. The lowest BCUT2D eigenvalue weighted by molar-refractivity contribution is 0.575. The summed E-state index contributed by atoms with van der Waals surface area (Å²) in [5.74, 6) is 0.788. The predicted molar refractivity (Wildman–Crippen MR) is 83.5 cm³/mol. The molecule has 0 spiro atoms. The molecule has 3 aromatic heterocycles. The monoisotopic (exact) mass is 303 g/mol. The fraction of sp³-hybridized carbons (Fsp3) is 0.143. The zero-order valence-electron chi connectivity index (χ0n) is 11.1. The smallest absolute Gasteiger partial charge is 0.206 e. The molecule has 102 valence electrons. The minimum Gasteiger partial charge on any atom is -0.463 e. The Kier molecular flexibility index (Phi) is 3.66. The number of furan rings is 1. The highest BCUT2D eigenvalue weighted by atomic mass is 32.1. The number of hydrogen-bond donors (Lipinski definition) is 0. The van der Waals surface area contributed by atoms with Crippen molar-refractivity contribution < 1.29 is 4.42 Å². The molecular formula is C14H13N3OS2. The summed E-state index contributed by atoms with van der Waals surface area (Å²) in [6.07, 6.45) is 3.51. The van der Waals surface area contributed by atoms with Crippen LogP contribution in [-0.4, -0.2) is 17.9 Å². The van der Waals surface area contributed by atoms with Crippen molar-refractivity contribution in [2.75, 3.05) is 7.05 Å². The first-order valence-corrected chi connectivity index (χ1v) is 7.75. The maximum absolute atomic E-state index is 5.45. The van der Waals surface area contributed by atoms with Crippen LogP contribution in [0.4, 0.5) is 0 Å². The van der Waals surface area contributed by atoms with Gasteiger partial charge in [0.1, 0.15) is 5.69 Å². The molecule has 0 N–H and O–H groups in total. The van der Waals surface area contributed by atoms with Gasteiger partial charge in [-0.2, -0.15) is 5.10 Å². The summed E-state index contributed by atoms with van der Waals surface area (Å²) in [4.78, 5) is 7.47. The molecule has 20 heavy (non-hydrogen) atoms. The van der Waals surface area contributed by atoms with Crippen molar-refractivity contribution in [1.29, 1.82) is 0 Å². The number of thiophene rings is 1. The van der Waals surface area contributed by atoms with Crippen LogP contribution < -0.4 is 4.80 Å². The van der Waals surface area contributed by atoms with Crippen LogP contribution in [0.15, 0.2) is 50.4 Å². The summed E-state index contributed by atoms with van der Waals surface area (Å²) >= 11 is 3.25. The molecule has 0 aliphatic rings. The number of thiazole rings is 1. The summed E-state index contributed by atoms with van der Waals surface area (Å²) in [5.41, 5.74) is 0.908. The molecule has 0 aliphatic heterocycles. The van der Waals surface area contributed by atoms with Crippen molar-refractivity contribution in [2.45, 2.75) is 6.92 Å². The van der Waals surface area contributed by atoms with E-state index in [2.05, 4.69) is 29.2 Å². The molecular weight excluding hydrogens is 290 g/mol. The van der Waals surface area contributed by atoms with E-state index in [0.29, 0.717) is 0 Å². The van der Waals surface area contributed by atoms with Gasteiger partial charge in [0, 0.05) is 22.2 Å². The Labute approximate surface area is 124 Å². The van der Waals surface area contributed by atoms with E-state index in [9.17, 15) is 0 Å². The third kappa shape index (κ3) is 2.52. The van der Waals surface area contributed by atoms with Gasteiger partial charge in [-0.25, -0.2) is 4.68 Å². The Balaban J connectivity index is 2.04. The first-order chi connectivity index (χ1) is 9.78. The van der Waals surface area contributed by atoms with Gasteiger partial charge in [0.2, 0.25) is 4.80 Å². The van der Waals surface area contributed by atoms with Crippen LogP contribution in [0.1, 0.15) is 9.75 Å². The Morgan fingerprint density at radius 1 is 1.30 bits per heavy atom. The molecule has 0 saturated carbocycles. The molecule has 0 aliphatic carbocycles. The second-order valence-corrected chi connectivity index (χ2v) is 6.27. The average molecular weight is 303 g/mol. The van der Waals surface area contributed by atoms with Crippen molar-refractivity contribution in [3.63, 3.8) is 0 Å². The van der Waals surface area contributed by atoms with Gasteiger partial charge in [-0.3, -0.25) is 4.99 Å². The average Bonchev–Trinajstić information content (AvgIpc) is 3.16. The number of aromatic nitrogens is 1. The van der Waals surface area contributed by atoms with Gasteiger partial charge >= 0.3 is 0 Å². The van der Waals surface area contributed by atoms with Gasteiger partial charge in [-0.05, 0) is 31.2 Å². The lowest BCUT2D eigenvalue weighted by Crippen LogP contribution is -2.11. The van der Waals surface area contributed by atoms with Crippen molar-refractivity contribution in [3.05, 3.63) is 50.5 Å². The van der Waals surface area contributed by atoms with Crippen LogP contribution in [0.25, 0.3) is 11.5 Å². The Hall–Kier alpha value is -1.92. The van der Waals surface area contributed by atoms with E-state index >= 15 is 0 Å². The van der Waals surface area contributed by atoms with E-state index in [1.807, 2.05) is 23.7 Å². The maximum atomic E-state index is 5.45. The van der Waals surface area contributed by atoms with Gasteiger partial charge in [-0.15, -0.1) is 22.7 Å². The third-order valence-corrected chi connectivity index (χ3v) is 4.55. The molecule has 0 radical (unpaired) electrons. The third-order valence-electron chi connectivity index (χ3n) is 2.71. The van der Waals surface area contributed by atoms with Gasteiger partial charge in [0.05, 0.1) is 12.5 Å². The second-order valence-electron chi connectivity index (χ2n) is 4.11. The molecule has 0 fully saturated rings. The lowest BCUT2D eigenvalue weighted by atomic mass is 10.4. The van der Waals surface area contributed by atoms with E-state index in [1.54, 1.807) is 40.7 Å². The van der Waals surface area contributed by atoms with Crippen LogP contribution >= 0.6 is 22.7 Å². The van der Waals surface area contributed by atoms with Crippen molar-refractivity contribution in [2.24, 2.45) is 10.1 Å². The molecule has 0 bridgehead atoms. The number of aryl methyl sites for hydroxylation is 1. The molecule has 6 heteroatoms. The van der Waals surface area contributed by atoms with Gasteiger partial charge in [-0.1, -0.05) is 0 Å². The molecule has 0 atom stereocenters. The Morgan fingerprint density at radius 2 is 2.20 bits per heavy atom. The van der Waals surface area contributed by atoms with Crippen molar-refractivity contribution >= 4 is 28.9 Å². The van der Waals surface area contributed by atoms with E-state index in [4.69, 9.17) is 4.42 Å². The largest absolute Gasteiger partial charge is 0.463 e. The molecule has 0 aromatic carbocycles. The molecule has 0 saturated heterocycles. The molecule has 0 amide bonds. The summed E-state index contributed by atoms with van der Waals surface area (Å²) in [6.45, 7) is 2.08. The zero-order valence-corrected chi connectivity index (χ0v) is 12.7. The summed E-state index contributed by atoms with van der Waals surface area (Å²) < 4.78 is 7.25. The Bertz CT molecular complexity index is 791. The van der Waals surface area contributed by atoms with Crippen LogP contribution in [-0.2, 0) is 0 Å². The van der Waals surface area contributed by atoms with Crippen molar-refractivity contribution in [3.8, 4) is 11.5 Å². The highest BCUT2D eigenvalue weighted by Crippen LogP contribution is 2.20. The molecule has 4 nitrogen and oxygen atoms in total. The van der Waals surface area contributed by atoms with E-state index in [1.165, 1.54) is 4.88 Å². The molecule has 3 aromatic rings. The maximum Gasteiger partial charge on any atom is 0.206 e. The van der Waals surface area contributed by atoms with E-state index in [-0.39, 0.29) is 0 Å². The molecule has 3 rings (SSSR count). The second kappa shape index (κ2) is 5.60. The van der Waals surface area contributed by atoms with Gasteiger partial charge in [0.15, 0.2) is 5.76 Å². The normalized spacial score (nSPS) is 12.6. The van der Waals surface area contributed by atoms with Crippen LogP contribution in [0.3, 0.4) is 0 Å². The van der Waals surface area contributed by atoms with Crippen LogP contribution in [0, 0.1) is 6.92 Å². The molecule has 3 heterocycles. The number of hydrogen-bond acceptors (Lipinski definition) is 5. The zero-order chi connectivity index (χ0) is 13.9. The summed E-state index contributed by atoms with van der Waals surface area (Å²) in [6, 6.07) is 7.93. The van der Waals surface area contributed by atoms with Crippen LogP contribution in [0.2, 0.25) is 0 Å². The van der Waals surface area contributed by atoms with Crippen LogP contribution in [0.5, 0.6) is 0 Å². The standard InChI is InChI=1S/C14H13N3OS2/c1-10-5-6-11(20-10)8-16-17-12(9-19-14(17)15-2)13-4-3-7-18-13/h3-9H,1-2H3. The van der Waals surface area contributed by atoms with Gasteiger partial charge in [0.25, 0.3) is 0 Å². The van der Waals surface area contributed by atoms with E-state index in [0.717, 1.165) is 21.1 Å². The highest BCUT2D eigenvalue weighted by molar-refractivity contribution is 7.13.